The lowest BCUT2D eigenvalue weighted by atomic mass is 10.2. The molecule has 2 N–H and O–H groups in total. The Labute approximate surface area is 161 Å². The Balaban J connectivity index is 2.09. The van der Waals surface area contributed by atoms with Crippen LogP contribution in [0, 0.1) is 6.92 Å². The van der Waals surface area contributed by atoms with Crippen molar-refractivity contribution < 1.29 is 23.5 Å². The summed E-state index contributed by atoms with van der Waals surface area (Å²) in [7, 11) is -3.35. The van der Waals surface area contributed by atoms with E-state index in [9.17, 15) is 19.3 Å². The first-order chi connectivity index (χ1) is 12.5. The van der Waals surface area contributed by atoms with Crippen LogP contribution in [0.4, 0.5) is 0 Å². The van der Waals surface area contributed by atoms with Crippen LogP contribution in [0.15, 0.2) is 15.8 Å². The maximum Gasteiger partial charge on any atom is 0.340 e. The molecule has 1 fully saturated rings. The molecule has 2 rings (SSSR count). The maximum absolute atomic E-state index is 12.9. The Bertz CT molecular complexity index is 793. The molecule has 1 aliphatic heterocycles. The van der Waals surface area contributed by atoms with E-state index in [-0.39, 0.29) is 24.3 Å². The first kappa shape index (κ1) is 22.4. The fraction of sp³-hybridized carbons (Fsp3) is 0.750. The average Bonchev–Trinajstić information content (AvgIpc) is 2.88. The average molecular weight is 422 g/mol. The van der Waals surface area contributed by atoms with Crippen LogP contribution >= 0.6 is 19.4 Å². The quantitative estimate of drug-likeness (QED) is 0.609. The van der Waals surface area contributed by atoms with Crippen molar-refractivity contribution in [1.82, 2.24) is 9.55 Å². The van der Waals surface area contributed by atoms with Crippen molar-refractivity contribution in [2.75, 3.05) is 12.1 Å². The van der Waals surface area contributed by atoms with Gasteiger partial charge in [0.05, 0.1) is 29.6 Å². The van der Waals surface area contributed by atoms with Crippen LogP contribution in [-0.2, 0) is 18.3 Å². The topological polar surface area (TPSA) is 120 Å². The van der Waals surface area contributed by atoms with Gasteiger partial charge in [0, 0.05) is 11.8 Å². The zero-order valence-electron chi connectivity index (χ0n) is 16.1. The summed E-state index contributed by atoms with van der Waals surface area (Å²) in [5, 5.41) is 10.2. The molecule has 0 bridgehead atoms. The zero-order chi connectivity index (χ0) is 20.4. The highest BCUT2D eigenvalue weighted by molar-refractivity contribution is 8.05. The molecule has 1 saturated heterocycles. The van der Waals surface area contributed by atoms with Crippen molar-refractivity contribution >= 4 is 19.4 Å². The van der Waals surface area contributed by atoms with E-state index in [0.717, 1.165) is 4.57 Å². The molecule has 0 saturated carbocycles. The van der Waals surface area contributed by atoms with Gasteiger partial charge in [-0.05, 0) is 34.6 Å². The van der Waals surface area contributed by atoms with Gasteiger partial charge < -0.3 is 18.9 Å². The highest BCUT2D eigenvalue weighted by atomic mass is 32.2. The van der Waals surface area contributed by atoms with Crippen LogP contribution in [0.1, 0.15) is 39.5 Å². The summed E-state index contributed by atoms with van der Waals surface area (Å²) in [6.45, 7) is 8.81. The summed E-state index contributed by atoms with van der Waals surface area (Å²) in [6, 6.07) is 0. The Hall–Kier alpha value is -0.900. The molecule has 3 atom stereocenters. The number of ether oxygens (including phenoxy) is 1. The second-order valence-corrected chi connectivity index (χ2v) is 10.6. The standard InChI is InChI=1S/C16H27N2O7PS/c1-9(2)24-26(22,25-10(3)4)8-27-12-7-23-15(13(12)19)18-6-11(5)14(20)17-16(18)21/h6,9-10,12-13,15,19H,7-8H2,1-5H3,(H,17,20,21)/t12-,13+,15+/m0/s1. The molecule has 1 aliphatic rings. The molecule has 0 unspecified atom stereocenters. The van der Waals surface area contributed by atoms with Crippen molar-refractivity contribution in [3.63, 3.8) is 0 Å². The molecular formula is C16H27N2O7PS. The van der Waals surface area contributed by atoms with Crippen LogP contribution in [0.3, 0.4) is 0 Å². The Morgan fingerprint density at radius 1 is 1.33 bits per heavy atom. The van der Waals surface area contributed by atoms with E-state index >= 15 is 0 Å². The predicted molar refractivity (Wildman–Crippen MR) is 103 cm³/mol. The number of H-pyrrole nitrogens is 1. The summed E-state index contributed by atoms with van der Waals surface area (Å²) in [6.07, 6.45) is -1.13. The number of aromatic nitrogens is 2. The number of hydrogen-bond donors (Lipinski definition) is 2. The van der Waals surface area contributed by atoms with Gasteiger partial charge in [0.25, 0.3) is 5.56 Å². The summed E-state index contributed by atoms with van der Waals surface area (Å²) in [4.78, 5) is 25.7. The van der Waals surface area contributed by atoms with Crippen LogP contribution in [-0.4, -0.2) is 50.3 Å². The molecule has 2 heterocycles. The molecule has 0 amide bonds. The number of aliphatic hydroxyl groups excluding tert-OH is 1. The number of rotatable bonds is 8. The van der Waals surface area contributed by atoms with Gasteiger partial charge in [-0.15, -0.1) is 11.8 Å². The predicted octanol–water partition coefficient (Wildman–Crippen LogP) is 1.84. The second kappa shape index (κ2) is 9.07. The molecule has 11 heteroatoms. The van der Waals surface area contributed by atoms with E-state index in [0.29, 0.717) is 5.56 Å². The lowest BCUT2D eigenvalue weighted by Gasteiger charge is -2.24. The second-order valence-electron chi connectivity index (χ2n) is 6.95. The summed E-state index contributed by atoms with van der Waals surface area (Å²) in [5.74, 6) is 0. The molecule has 1 aromatic heterocycles. The number of thioether (sulfide) groups is 1. The van der Waals surface area contributed by atoms with E-state index in [2.05, 4.69) is 4.98 Å². The fourth-order valence-electron chi connectivity index (χ4n) is 2.66. The van der Waals surface area contributed by atoms with Crippen molar-refractivity contribution in [1.29, 1.82) is 0 Å². The summed E-state index contributed by atoms with van der Waals surface area (Å²) >= 11 is 1.22. The van der Waals surface area contributed by atoms with Gasteiger partial charge in [-0.2, -0.15) is 0 Å². The largest absolute Gasteiger partial charge is 0.387 e. The summed E-state index contributed by atoms with van der Waals surface area (Å²) < 4.78 is 30.6. The monoisotopic (exact) mass is 422 g/mol. The Kier molecular flexibility index (Phi) is 7.52. The highest BCUT2D eigenvalue weighted by Crippen LogP contribution is 2.54. The van der Waals surface area contributed by atoms with E-state index in [4.69, 9.17) is 13.8 Å². The van der Waals surface area contributed by atoms with E-state index in [1.807, 2.05) is 0 Å². The van der Waals surface area contributed by atoms with Gasteiger partial charge >= 0.3 is 13.3 Å². The molecule has 0 radical (unpaired) electrons. The molecule has 0 spiro atoms. The smallest absolute Gasteiger partial charge is 0.340 e. The third-order valence-electron chi connectivity index (χ3n) is 3.71. The number of hydrogen-bond acceptors (Lipinski definition) is 8. The molecular weight excluding hydrogens is 395 g/mol. The lowest BCUT2D eigenvalue weighted by molar-refractivity contribution is -0.0118. The number of aryl methyl sites for hydroxylation is 1. The van der Waals surface area contributed by atoms with Crippen molar-refractivity contribution in [2.24, 2.45) is 0 Å². The normalized spacial score (nSPS) is 23.5. The number of aromatic amines is 1. The van der Waals surface area contributed by atoms with E-state index in [1.54, 1.807) is 34.6 Å². The maximum atomic E-state index is 12.9. The Morgan fingerprint density at radius 3 is 2.48 bits per heavy atom. The van der Waals surface area contributed by atoms with Gasteiger partial charge in [-0.1, -0.05) is 0 Å². The molecule has 9 nitrogen and oxygen atoms in total. The van der Waals surface area contributed by atoms with Gasteiger partial charge in [0.1, 0.15) is 6.10 Å². The zero-order valence-corrected chi connectivity index (χ0v) is 17.8. The van der Waals surface area contributed by atoms with Gasteiger partial charge in [-0.25, -0.2) is 4.79 Å². The highest BCUT2D eigenvalue weighted by Gasteiger charge is 2.40. The van der Waals surface area contributed by atoms with Gasteiger partial charge in [0.2, 0.25) is 0 Å². The lowest BCUT2D eigenvalue weighted by Crippen LogP contribution is -2.37. The van der Waals surface area contributed by atoms with E-state index in [1.165, 1.54) is 18.0 Å². The van der Waals surface area contributed by atoms with Crippen molar-refractivity contribution in [3.05, 3.63) is 32.6 Å². The molecule has 1 aromatic rings. The SMILES string of the molecule is Cc1cn([C@@H]2OC[C@H](SCP(=O)(OC(C)C)OC(C)C)[C@H]2O)c(=O)[nH]c1=O. The van der Waals surface area contributed by atoms with Crippen molar-refractivity contribution in [3.8, 4) is 0 Å². The van der Waals surface area contributed by atoms with Crippen LogP contribution in [0.2, 0.25) is 0 Å². The molecule has 27 heavy (non-hydrogen) atoms. The minimum absolute atomic E-state index is 0.0563. The number of nitrogens with one attached hydrogen (secondary N) is 1. The fourth-order valence-corrected chi connectivity index (χ4v) is 6.48. The Morgan fingerprint density at radius 2 is 1.93 bits per heavy atom. The van der Waals surface area contributed by atoms with Gasteiger partial charge in [-0.3, -0.25) is 18.9 Å². The first-order valence-electron chi connectivity index (χ1n) is 8.71. The van der Waals surface area contributed by atoms with Crippen LogP contribution in [0.5, 0.6) is 0 Å². The van der Waals surface area contributed by atoms with Crippen molar-refractivity contribution in [2.45, 2.75) is 64.4 Å². The van der Waals surface area contributed by atoms with Gasteiger partial charge in [0.15, 0.2) is 6.23 Å². The minimum atomic E-state index is -3.35. The van der Waals surface area contributed by atoms with Crippen LogP contribution < -0.4 is 11.2 Å². The third kappa shape index (κ3) is 5.79. The molecule has 0 aromatic carbocycles. The first-order valence-corrected chi connectivity index (χ1v) is 11.5. The summed E-state index contributed by atoms with van der Waals surface area (Å²) in [5.41, 5.74) is -0.744. The number of nitrogens with zero attached hydrogens (tertiary/aromatic N) is 1. The minimum Gasteiger partial charge on any atom is -0.387 e. The number of aliphatic hydroxyl groups is 1. The molecule has 0 aliphatic carbocycles. The van der Waals surface area contributed by atoms with Crippen LogP contribution in [0.25, 0.3) is 0 Å². The van der Waals surface area contributed by atoms with E-state index < -0.39 is 36.4 Å². The molecule has 154 valence electrons. The third-order valence-corrected chi connectivity index (χ3v) is 7.90.